The molecule has 0 radical (unpaired) electrons. The van der Waals surface area contributed by atoms with Crippen molar-refractivity contribution in [1.82, 2.24) is 14.7 Å². The largest absolute Gasteiger partial charge is 0.508 e. The number of benzene rings is 2. The van der Waals surface area contributed by atoms with E-state index in [1.165, 1.54) is 11.6 Å². The van der Waals surface area contributed by atoms with Crippen LogP contribution in [0.1, 0.15) is 53.6 Å². The molecule has 1 atom stereocenters. The number of carbonyl (C=O) groups is 1. The first-order valence-corrected chi connectivity index (χ1v) is 10.7. The summed E-state index contributed by atoms with van der Waals surface area (Å²) >= 11 is 0. The molecule has 2 heterocycles. The normalized spacial score (nSPS) is 20.0. The molecule has 2 N–H and O–H groups in total. The molecule has 0 bridgehead atoms. The van der Waals surface area contributed by atoms with E-state index in [9.17, 15) is 15.0 Å². The Balaban J connectivity index is 1.64. The van der Waals surface area contributed by atoms with Gasteiger partial charge in [0.2, 0.25) is 6.41 Å². The summed E-state index contributed by atoms with van der Waals surface area (Å²) in [4.78, 5) is 18.4. The van der Waals surface area contributed by atoms with Crippen molar-refractivity contribution in [1.29, 1.82) is 0 Å². The lowest BCUT2D eigenvalue weighted by Gasteiger charge is -2.32. The third kappa shape index (κ3) is 3.89. The lowest BCUT2D eigenvalue weighted by atomic mass is 9.91. The molecule has 1 fully saturated rings. The van der Waals surface area contributed by atoms with Crippen molar-refractivity contribution in [2.45, 2.75) is 38.9 Å². The van der Waals surface area contributed by atoms with E-state index < -0.39 is 0 Å². The van der Waals surface area contributed by atoms with E-state index >= 15 is 0 Å². The smallest absolute Gasteiger partial charge is 0.210 e. The Bertz CT molecular complexity index is 936. The number of carbonyl (C=O) groups excluding carboxylic acids is 1. The molecule has 0 aliphatic carbocycles. The van der Waals surface area contributed by atoms with Crippen LogP contribution >= 0.6 is 0 Å². The molecule has 160 valence electrons. The molecule has 2 aromatic carbocycles. The van der Waals surface area contributed by atoms with Gasteiger partial charge in [-0.3, -0.25) is 9.69 Å². The Kier molecular flexibility index (Phi) is 5.71. The minimum atomic E-state index is -0.340. The molecule has 30 heavy (non-hydrogen) atoms. The zero-order valence-corrected chi connectivity index (χ0v) is 18.0. The maximum Gasteiger partial charge on any atom is 0.210 e. The second-order valence-electron chi connectivity index (χ2n) is 8.92. The van der Waals surface area contributed by atoms with E-state index in [4.69, 9.17) is 0 Å². The van der Waals surface area contributed by atoms with Gasteiger partial charge < -0.3 is 20.0 Å². The number of aromatic hydroxyl groups is 2. The van der Waals surface area contributed by atoms with E-state index in [0.717, 1.165) is 55.8 Å². The summed E-state index contributed by atoms with van der Waals surface area (Å²) in [5.74, 6) is 0.216. The van der Waals surface area contributed by atoms with Crippen LogP contribution in [-0.4, -0.2) is 64.5 Å². The standard InChI is InChI=1S/C24H31N3O3/c1-16(2)20-11-21(23(30)12-22(20)29)24-19-5-4-17(10-18(19)14-27(24)15-28)13-26-8-6-25(3)7-9-26/h4-5,10-12,15-16,24,29-30H,6-9,13-14H2,1-3H3. The number of fused-ring (bicyclic) bond motifs is 1. The summed E-state index contributed by atoms with van der Waals surface area (Å²) in [5.41, 5.74) is 4.85. The number of rotatable bonds is 5. The maximum atomic E-state index is 11.9. The number of piperazine rings is 1. The van der Waals surface area contributed by atoms with Gasteiger partial charge in [0.05, 0.1) is 6.04 Å². The van der Waals surface area contributed by atoms with Crippen LogP contribution in [0.15, 0.2) is 30.3 Å². The topological polar surface area (TPSA) is 67.2 Å². The molecule has 6 heteroatoms. The number of nitrogens with zero attached hydrogens (tertiary/aromatic N) is 3. The molecule has 2 aromatic rings. The molecule has 0 spiro atoms. The number of hydrogen-bond acceptors (Lipinski definition) is 5. The van der Waals surface area contributed by atoms with Crippen LogP contribution in [0.25, 0.3) is 0 Å². The molecular formula is C24H31N3O3. The number of phenols is 2. The molecule has 0 aromatic heterocycles. The average Bonchev–Trinajstić information content (AvgIpc) is 3.07. The Morgan fingerprint density at radius 1 is 1.03 bits per heavy atom. The van der Waals surface area contributed by atoms with E-state index in [0.29, 0.717) is 12.1 Å². The molecule has 1 unspecified atom stereocenters. The first-order valence-electron chi connectivity index (χ1n) is 10.7. The molecule has 1 saturated heterocycles. The highest BCUT2D eigenvalue weighted by molar-refractivity contribution is 5.60. The summed E-state index contributed by atoms with van der Waals surface area (Å²) in [6.45, 7) is 9.74. The van der Waals surface area contributed by atoms with E-state index in [2.05, 4.69) is 35.0 Å². The number of likely N-dealkylation sites (N-methyl/N-ethyl adjacent to an activating group) is 1. The first kappa shape index (κ1) is 20.7. The molecular weight excluding hydrogens is 378 g/mol. The Morgan fingerprint density at radius 2 is 1.77 bits per heavy atom. The van der Waals surface area contributed by atoms with E-state index in [1.54, 1.807) is 4.90 Å². The van der Waals surface area contributed by atoms with Gasteiger partial charge in [-0.25, -0.2) is 0 Å². The van der Waals surface area contributed by atoms with Crippen LogP contribution in [0.2, 0.25) is 0 Å². The predicted octanol–water partition coefficient (Wildman–Crippen LogP) is 3.03. The summed E-state index contributed by atoms with van der Waals surface area (Å²) < 4.78 is 0. The van der Waals surface area contributed by atoms with Gasteiger partial charge in [-0.2, -0.15) is 0 Å². The minimum absolute atomic E-state index is 0.0168. The Morgan fingerprint density at radius 3 is 2.43 bits per heavy atom. The van der Waals surface area contributed by atoms with Crippen molar-refractivity contribution in [3.05, 3.63) is 58.1 Å². The van der Waals surface area contributed by atoms with Gasteiger partial charge in [0.25, 0.3) is 0 Å². The van der Waals surface area contributed by atoms with Crippen molar-refractivity contribution in [2.24, 2.45) is 0 Å². The van der Waals surface area contributed by atoms with Crippen LogP contribution in [0, 0.1) is 0 Å². The van der Waals surface area contributed by atoms with Crippen LogP contribution in [0.3, 0.4) is 0 Å². The zero-order chi connectivity index (χ0) is 21.4. The van der Waals surface area contributed by atoms with Crippen molar-refractivity contribution in [2.75, 3.05) is 33.2 Å². The van der Waals surface area contributed by atoms with Crippen molar-refractivity contribution < 1.29 is 15.0 Å². The fourth-order valence-corrected chi connectivity index (χ4v) is 4.63. The van der Waals surface area contributed by atoms with Gasteiger partial charge in [-0.05, 0) is 41.3 Å². The lowest BCUT2D eigenvalue weighted by molar-refractivity contribution is -0.119. The lowest BCUT2D eigenvalue weighted by Crippen LogP contribution is -2.43. The van der Waals surface area contributed by atoms with Gasteiger partial charge in [-0.15, -0.1) is 0 Å². The van der Waals surface area contributed by atoms with Crippen molar-refractivity contribution in [3.63, 3.8) is 0 Å². The summed E-state index contributed by atoms with van der Waals surface area (Å²) in [6.07, 6.45) is 0.853. The van der Waals surface area contributed by atoms with E-state index in [1.807, 2.05) is 19.9 Å². The predicted molar refractivity (Wildman–Crippen MR) is 117 cm³/mol. The molecule has 0 saturated carbocycles. The van der Waals surface area contributed by atoms with E-state index in [-0.39, 0.29) is 23.5 Å². The second kappa shape index (κ2) is 8.28. The highest BCUT2D eigenvalue weighted by Crippen LogP contribution is 2.44. The maximum absolute atomic E-state index is 11.9. The monoisotopic (exact) mass is 409 g/mol. The van der Waals surface area contributed by atoms with Gasteiger partial charge >= 0.3 is 0 Å². The van der Waals surface area contributed by atoms with Gasteiger partial charge in [0.1, 0.15) is 11.5 Å². The van der Waals surface area contributed by atoms with Crippen molar-refractivity contribution >= 4 is 6.41 Å². The SMILES string of the molecule is CC(C)c1cc(C2c3ccc(CN4CCN(C)CC4)cc3CN2C=O)c(O)cc1O. The summed E-state index contributed by atoms with van der Waals surface area (Å²) in [5, 5.41) is 20.8. The fraction of sp³-hybridized carbons (Fsp3) is 0.458. The molecule has 4 rings (SSSR count). The molecule has 2 aliphatic rings. The highest BCUT2D eigenvalue weighted by Gasteiger charge is 2.33. The first-order chi connectivity index (χ1) is 14.4. The van der Waals surface area contributed by atoms with Crippen molar-refractivity contribution in [3.8, 4) is 11.5 Å². The quantitative estimate of drug-likeness (QED) is 0.743. The second-order valence-corrected chi connectivity index (χ2v) is 8.92. The van der Waals surface area contributed by atoms with Crippen LogP contribution in [-0.2, 0) is 17.9 Å². The van der Waals surface area contributed by atoms with Gasteiger partial charge in [-0.1, -0.05) is 32.0 Å². The van der Waals surface area contributed by atoms with Crippen LogP contribution < -0.4 is 0 Å². The number of amides is 1. The molecule has 1 amide bonds. The zero-order valence-electron chi connectivity index (χ0n) is 18.0. The summed E-state index contributed by atoms with van der Waals surface area (Å²) in [7, 11) is 2.16. The summed E-state index contributed by atoms with van der Waals surface area (Å²) in [6, 6.07) is 9.32. The minimum Gasteiger partial charge on any atom is -0.508 e. The molecule has 2 aliphatic heterocycles. The number of phenolic OH excluding ortho intramolecular Hbond substituents is 2. The average molecular weight is 410 g/mol. The van der Waals surface area contributed by atoms with Gasteiger partial charge in [0.15, 0.2) is 0 Å². The van der Waals surface area contributed by atoms with Gasteiger partial charge in [0, 0.05) is 50.9 Å². The third-order valence-corrected chi connectivity index (χ3v) is 6.42. The third-order valence-electron chi connectivity index (χ3n) is 6.42. The number of hydrogen-bond donors (Lipinski definition) is 2. The van der Waals surface area contributed by atoms with Crippen LogP contribution in [0.5, 0.6) is 11.5 Å². The molecule has 6 nitrogen and oxygen atoms in total. The fourth-order valence-electron chi connectivity index (χ4n) is 4.63. The highest BCUT2D eigenvalue weighted by atomic mass is 16.3. The Labute approximate surface area is 178 Å². The van der Waals surface area contributed by atoms with Crippen LogP contribution in [0.4, 0.5) is 0 Å². The Hall–Kier alpha value is -2.57.